The van der Waals surface area contributed by atoms with E-state index in [1.54, 1.807) is 0 Å². The lowest BCUT2D eigenvalue weighted by molar-refractivity contribution is 0.517. The lowest BCUT2D eigenvalue weighted by atomic mass is 10.1. The molecule has 0 aliphatic heterocycles. The zero-order chi connectivity index (χ0) is 11.3. The molecule has 3 nitrogen and oxygen atoms in total. The number of nitrogens with one attached hydrogen (secondary N) is 1. The van der Waals surface area contributed by atoms with Gasteiger partial charge in [0.1, 0.15) is 0 Å². The molecule has 0 aromatic carbocycles. The fourth-order valence-corrected chi connectivity index (χ4v) is 1.35. The van der Waals surface area contributed by atoms with Gasteiger partial charge in [-0.05, 0) is 18.3 Å². The maximum Gasteiger partial charge on any atom is 0.202 e. The highest BCUT2D eigenvalue weighted by atomic mass is 15.2. The molecule has 0 amide bonds. The molecule has 0 saturated heterocycles. The molecule has 0 radical (unpaired) electrons. The quantitative estimate of drug-likeness (QED) is 0.780. The number of hydrogen-bond acceptors (Lipinski definition) is 2. The van der Waals surface area contributed by atoms with E-state index in [-0.39, 0.29) is 0 Å². The Bertz CT molecular complexity index is 250. The second kappa shape index (κ2) is 5.79. The van der Waals surface area contributed by atoms with Crippen LogP contribution < -0.4 is 5.32 Å². The van der Waals surface area contributed by atoms with Crippen molar-refractivity contribution in [3.8, 4) is 0 Å². The van der Waals surface area contributed by atoms with E-state index in [0.717, 1.165) is 25.0 Å². The van der Waals surface area contributed by atoms with Crippen molar-refractivity contribution in [1.82, 2.24) is 9.55 Å². The molecule has 0 saturated carbocycles. The van der Waals surface area contributed by atoms with Crippen LogP contribution in [0.5, 0.6) is 0 Å². The Hall–Kier alpha value is -0.990. The zero-order valence-corrected chi connectivity index (χ0v) is 10.3. The standard InChI is InChI=1S/C12H23N3/c1-10(2)5-7-15-8-6-13-12(15)14-9-11(3)4/h6,8,10-11H,5,7,9H2,1-4H3,(H,13,14). The summed E-state index contributed by atoms with van der Waals surface area (Å²) in [6, 6.07) is 0. The summed E-state index contributed by atoms with van der Waals surface area (Å²) < 4.78 is 2.20. The highest BCUT2D eigenvalue weighted by Gasteiger charge is 2.03. The highest BCUT2D eigenvalue weighted by Crippen LogP contribution is 2.09. The van der Waals surface area contributed by atoms with E-state index in [1.165, 1.54) is 6.42 Å². The molecule has 0 atom stereocenters. The van der Waals surface area contributed by atoms with Crippen molar-refractivity contribution in [3.05, 3.63) is 12.4 Å². The fraction of sp³-hybridized carbons (Fsp3) is 0.750. The summed E-state index contributed by atoms with van der Waals surface area (Å²) in [5.74, 6) is 2.40. The number of rotatable bonds is 6. The van der Waals surface area contributed by atoms with Crippen molar-refractivity contribution in [2.45, 2.75) is 40.7 Å². The molecule has 1 aromatic rings. The molecule has 1 rings (SSSR count). The van der Waals surface area contributed by atoms with Crippen molar-refractivity contribution in [1.29, 1.82) is 0 Å². The van der Waals surface area contributed by atoms with Gasteiger partial charge in [0.05, 0.1) is 0 Å². The van der Waals surface area contributed by atoms with Gasteiger partial charge >= 0.3 is 0 Å². The number of anilines is 1. The molecule has 1 aromatic heterocycles. The molecule has 0 bridgehead atoms. The summed E-state index contributed by atoms with van der Waals surface area (Å²) in [6.07, 6.45) is 5.11. The SMILES string of the molecule is CC(C)CCn1ccnc1NCC(C)C. The van der Waals surface area contributed by atoms with Gasteiger partial charge in [0.2, 0.25) is 5.95 Å². The minimum absolute atomic E-state index is 0.653. The molecule has 3 heteroatoms. The zero-order valence-electron chi connectivity index (χ0n) is 10.3. The molecule has 86 valence electrons. The van der Waals surface area contributed by atoms with Gasteiger partial charge in [-0.1, -0.05) is 27.7 Å². The van der Waals surface area contributed by atoms with E-state index in [1.807, 2.05) is 12.4 Å². The van der Waals surface area contributed by atoms with Crippen molar-refractivity contribution >= 4 is 5.95 Å². The van der Waals surface area contributed by atoms with Gasteiger partial charge < -0.3 is 9.88 Å². The van der Waals surface area contributed by atoms with E-state index in [4.69, 9.17) is 0 Å². The van der Waals surface area contributed by atoms with Crippen LogP contribution in [0.2, 0.25) is 0 Å². The summed E-state index contributed by atoms with van der Waals surface area (Å²) >= 11 is 0. The molecule has 1 heterocycles. The van der Waals surface area contributed by atoms with Crippen LogP contribution in [-0.4, -0.2) is 16.1 Å². The lowest BCUT2D eigenvalue weighted by Gasteiger charge is -2.12. The number of hydrogen-bond donors (Lipinski definition) is 1. The van der Waals surface area contributed by atoms with Gasteiger partial charge in [0, 0.05) is 25.5 Å². The van der Waals surface area contributed by atoms with E-state index in [9.17, 15) is 0 Å². The molecule has 15 heavy (non-hydrogen) atoms. The van der Waals surface area contributed by atoms with Crippen LogP contribution in [0.25, 0.3) is 0 Å². The fourth-order valence-electron chi connectivity index (χ4n) is 1.35. The first-order chi connectivity index (χ1) is 7.09. The number of aromatic nitrogens is 2. The minimum Gasteiger partial charge on any atom is -0.355 e. The molecule has 0 fully saturated rings. The Morgan fingerprint density at radius 2 is 2.00 bits per heavy atom. The average Bonchev–Trinajstić information content (AvgIpc) is 2.58. The lowest BCUT2D eigenvalue weighted by Crippen LogP contribution is -2.13. The summed E-state index contributed by atoms with van der Waals surface area (Å²) in [6.45, 7) is 10.9. The maximum atomic E-state index is 4.32. The largest absolute Gasteiger partial charge is 0.355 e. The molecule has 1 N–H and O–H groups in total. The van der Waals surface area contributed by atoms with Crippen LogP contribution in [0.15, 0.2) is 12.4 Å². The van der Waals surface area contributed by atoms with Crippen LogP contribution in [0.4, 0.5) is 5.95 Å². The molecular formula is C12H23N3. The van der Waals surface area contributed by atoms with Crippen LogP contribution in [0, 0.1) is 11.8 Å². The van der Waals surface area contributed by atoms with Gasteiger partial charge in [0.25, 0.3) is 0 Å². The van der Waals surface area contributed by atoms with Gasteiger partial charge in [-0.2, -0.15) is 0 Å². The van der Waals surface area contributed by atoms with Crippen molar-refractivity contribution < 1.29 is 0 Å². The second-order valence-corrected chi connectivity index (χ2v) is 4.90. The number of aryl methyl sites for hydroxylation is 1. The van der Waals surface area contributed by atoms with Crippen LogP contribution in [0.1, 0.15) is 34.1 Å². The summed E-state index contributed by atoms with van der Waals surface area (Å²) in [7, 11) is 0. The van der Waals surface area contributed by atoms with Crippen molar-refractivity contribution in [2.24, 2.45) is 11.8 Å². The Labute approximate surface area is 92.9 Å². The number of nitrogens with zero attached hydrogens (tertiary/aromatic N) is 2. The summed E-state index contributed by atoms with van der Waals surface area (Å²) in [4.78, 5) is 4.32. The number of imidazole rings is 1. The van der Waals surface area contributed by atoms with Gasteiger partial charge in [-0.3, -0.25) is 0 Å². The molecule has 0 unspecified atom stereocenters. The first kappa shape index (κ1) is 12.1. The minimum atomic E-state index is 0.653. The average molecular weight is 209 g/mol. The third-order valence-electron chi connectivity index (χ3n) is 2.33. The Morgan fingerprint density at radius 3 is 2.60 bits per heavy atom. The van der Waals surface area contributed by atoms with Gasteiger partial charge in [-0.25, -0.2) is 4.98 Å². The predicted molar refractivity (Wildman–Crippen MR) is 65.0 cm³/mol. The summed E-state index contributed by atoms with van der Waals surface area (Å²) in [5, 5.41) is 3.37. The molecule has 0 aliphatic rings. The van der Waals surface area contributed by atoms with E-state index < -0.39 is 0 Å². The van der Waals surface area contributed by atoms with Crippen LogP contribution >= 0.6 is 0 Å². The highest BCUT2D eigenvalue weighted by molar-refractivity contribution is 5.25. The predicted octanol–water partition coefficient (Wildman–Crippen LogP) is 3.00. The van der Waals surface area contributed by atoms with E-state index in [2.05, 4.69) is 42.6 Å². The van der Waals surface area contributed by atoms with Gasteiger partial charge in [0.15, 0.2) is 0 Å². The summed E-state index contributed by atoms with van der Waals surface area (Å²) in [5.41, 5.74) is 0. The first-order valence-electron chi connectivity index (χ1n) is 5.84. The van der Waals surface area contributed by atoms with Crippen LogP contribution in [0.3, 0.4) is 0 Å². The van der Waals surface area contributed by atoms with Crippen molar-refractivity contribution in [2.75, 3.05) is 11.9 Å². The Balaban J connectivity index is 2.46. The van der Waals surface area contributed by atoms with E-state index >= 15 is 0 Å². The molecular weight excluding hydrogens is 186 g/mol. The second-order valence-electron chi connectivity index (χ2n) is 4.90. The third-order valence-corrected chi connectivity index (χ3v) is 2.33. The topological polar surface area (TPSA) is 29.9 Å². The van der Waals surface area contributed by atoms with Crippen LogP contribution in [-0.2, 0) is 6.54 Å². The van der Waals surface area contributed by atoms with Gasteiger partial charge in [-0.15, -0.1) is 0 Å². The van der Waals surface area contributed by atoms with Crippen molar-refractivity contribution in [3.63, 3.8) is 0 Å². The Morgan fingerprint density at radius 1 is 1.27 bits per heavy atom. The maximum absolute atomic E-state index is 4.32. The Kier molecular flexibility index (Phi) is 4.66. The normalized spacial score (nSPS) is 11.3. The third kappa shape index (κ3) is 4.36. The van der Waals surface area contributed by atoms with E-state index in [0.29, 0.717) is 5.92 Å². The first-order valence-corrected chi connectivity index (χ1v) is 5.84. The monoisotopic (exact) mass is 209 g/mol. The smallest absolute Gasteiger partial charge is 0.202 e. The molecule has 0 aliphatic carbocycles. The molecule has 0 spiro atoms.